The Morgan fingerprint density at radius 1 is 1.22 bits per heavy atom. The second-order valence-electron chi connectivity index (χ2n) is 9.32. The highest BCUT2D eigenvalue weighted by atomic mass is 35.5. The van der Waals surface area contributed by atoms with Crippen LogP contribution in [0.1, 0.15) is 38.5 Å². The molecule has 1 aliphatic heterocycles. The van der Waals surface area contributed by atoms with E-state index in [1.54, 1.807) is 4.90 Å². The first-order chi connectivity index (χ1) is 17.1. The minimum Gasteiger partial charge on any atom is -0.396 e. The normalized spacial score (nSPS) is 21.1. The van der Waals surface area contributed by atoms with Crippen molar-refractivity contribution in [3.05, 3.63) is 44.7 Å². The van der Waals surface area contributed by atoms with Crippen LogP contribution in [-0.2, 0) is 21.4 Å². The number of carbonyl (C=O) groups is 1. The number of nitrogen functional groups attached to an aromatic ring is 1. The third-order valence-corrected chi connectivity index (χ3v) is 9.15. The number of rotatable bonds is 8. The van der Waals surface area contributed by atoms with E-state index >= 15 is 0 Å². The van der Waals surface area contributed by atoms with Crippen LogP contribution >= 0.6 is 23.2 Å². The van der Waals surface area contributed by atoms with E-state index in [1.807, 2.05) is 0 Å². The Labute approximate surface area is 219 Å². The Balaban J connectivity index is 1.58. The van der Waals surface area contributed by atoms with Gasteiger partial charge in [0.1, 0.15) is 18.4 Å². The Kier molecular flexibility index (Phi) is 8.08. The number of piperidine rings is 1. The Morgan fingerprint density at radius 3 is 2.56 bits per heavy atom. The molecule has 2 aliphatic rings. The molecule has 2 heterocycles. The van der Waals surface area contributed by atoms with Crippen molar-refractivity contribution in [2.45, 2.75) is 56.0 Å². The molecule has 1 unspecified atom stereocenters. The van der Waals surface area contributed by atoms with E-state index in [9.17, 15) is 23.3 Å². The van der Waals surface area contributed by atoms with Gasteiger partial charge in [0, 0.05) is 19.5 Å². The summed E-state index contributed by atoms with van der Waals surface area (Å²) in [5.41, 5.74) is 5.78. The predicted octanol–water partition coefficient (Wildman–Crippen LogP) is 3.46. The lowest BCUT2D eigenvalue weighted by Crippen LogP contribution is -2.53. The van der Waals surface area contributed by atoms with E-state index in [2.05, 4.69) is 9.71 Å². The number of nitrogens with zero attached hydrogens (tertiary/aromatic N) is 4. The van der Waals surface area contributed by atoms with Crippen LogP contribution in [0.4, 0.5) is 11.6 Å². The number of nitro groups is 1. The topological polar surface area (TPSA) is 153 Å². The molecule has 1 aromatic carbocycles. The molecular formula is C22H28Cl2N6O5S. The molecule has 2 fully saturated rings. The summed E-state index contributed by atoms with van der Waals surface area (Å²) < 4.78 is 30.2. The van der Waals surface area contributed by atoms with Crippen LogP contribution in [0.2, 0.25) is 10.0 Å². The number of anilines is 1. The summed E-state index contributed by atoms with van der Waals surface area (Å²) in [6.45, 7) is 1.13. The molecule has 2 aromatic rings. The molecule has 11 nitrogen and oxygen atoms in total. The van der Waals surface area contributed by atoms with Gasteiger partial charge in [-0.15, -0.1) is 0 Å². The number of sulfonamides is 1. The van der Waals surface area contributed by atoms with Crippen LogP contribution in [0.25, 0.3) is 0 Å². The van der Waals surface area contributed by atoms with Crippen LogP contribution in [0, 0.1) is 22.0 Å². The third kappa shape index (κ3) is 5.77. The zero-order valence-electron chi connectivity index (χ0n) is 19.5. The maximum atomic E-state index is 13.6. The lowest BCUT2D eigenvalue weighted by Gasteiger charge is -2.42. The molecule has 0 bridgehead atoms. The van der Waals surface area contributed by atoms with E-state index in [4.69, 9.17) is 28.9 Å². The number of halogens is 2. The van der Waals surface area contributed by atoms with E-state index in [0.29, 0.717) is 24.9 Å². The van der Waals surface area contributed by atoms with Gasteiger partial charge in [-0.1, -0.05) is 47.4 Å². The first-order valence-electron chi connectivity index (χ1n) is 11.8. The van der Waals surface area contributed by atoms with Gasteiger partial charge in [0.05, 0.1) is 27.2 Å². The lowest BCUT2D eigenvalue weighted by atomic mass is 9.75. The molecule has 1 saturated carbocycles. The predicted molar refractivity (Wildman–Crippen MR) is 135 cm³/mol. The molecule has 3 N–H and O–H groups in total. The van der Waals surface area contributed by atoms with Gasteiger partial charge in [-0.25, -0.2) is 13.0 Å². The SMILES string of the molecule is Nc1c(Cl)cc(S(=O)(=O)NC(CCn2ccnc2[N+](=O)[O-])C(=O)N2CC[C@@H]3CCCC[C@H]3C2)cc1Cl. The Hall–Kier alpha value is -2.41. The summed E-state index contributed by atoms with van der Waals surface area (Å²) in [6.07, 6.45) is 8.10. The third-order valence-electron chi connectivity index (χ3n) is 7.08. The van der Waals surface area contributed by atoms with Crippen molar-refractivity contribution < 1.29 is 18.1 Å². The van der Waals surface area contributed by atoms with Crippen LogP contribution in [-0.4, -0.2) is 52.8 Å². The van der Waals surface area contributed by atoms with Crippen molar-refractivity contribution in [1.82, 2.24) is 19.2 Å². The number of aryl methyl sites for hydroxylation is 1. The molecule has 3 atom stereocenters. The summed E-state index contributed by atoms with van der Waals surface area (Å²) in [5, 5.41) is 11.2. The van der Waals surface area contributed by atoms with Crippen LogP contribution in [0.5, 0.6) is 0 Å². The fourth-order valence-electron chi connectivity index (χ4n) is 5.14. The average Bonchev–Trinajstić information content (AvgIpc) is 3.33. The highest BCUT2D eigenvalue weighted by Gasteiger charge is 2.37. The van der Waals surface area contributed by atoms with E-state index in [-0.39, 0.29) is 45.4 Å². The summed E-state index contributed by atoms with van der Waals surface area (Å²) in [7, 11) is -4.23. The Morgan fingerprint density at radius 2 is 1.89 bits per heavy atom. The number of imidazole rings is 1. The molecule has 14 heteroatoms. The van der Waals surface area contributed by atoms with Crippen LogP contribution < -0.4 is 10.5 Å². The number of aromatic nitrogens is 2. The highest BCUT2D eigenvalue weighted by Crippen LogP contribution is 2.36. The monoisotopic (exact) mass is 558 g/mol. The van der Waals surface area contributed by atoms with Gasteiger partial charge < -0.3 is 20.7 Å². The first-order valence-corrected chi connectivity index (χ1v) is 14.0. The lowest BCUT2D eigenvalue weighted by molar-refractivity contribution is -0.396. The molecule has 196 valence electrons. The van der Waals surface area contributed by atoms with Crippen molar-refractivity contribution in [3.8, 4) is 0 Å². The number of hydrogen-bond donors (Lipinski definition) is 2. The molecule has 36 heavy (non-hydrogen) atoms. The summed E-state index contributed by atoms with van der Waals surface area (Å²) in [4.78, 5) is 29.4. The van der Waals surface area contributed by atoms with Crippen LogP contribution in [0.3, 0.4) is 0 Å². The number of likely N-dealkylation sites (tertiary alicyclic amines) is 1. The van der Waals surface area contributed by atoms with Crippen molar-refractivity contribution in [3.63, 3.8) is 0 Å². The number of hydrogen-bond acceptors (Lipinski definition) is 7. The van der Waals surface area contributed by atoms with Crippen molar-refractivity contribution in [2.24, 2.45) is 11.8 Å². The first kappa shape index (κ1) is 26.6. The largest absolute Gasteiger partial charge is 0.434 e. The van der Waals surface area contributed by atoms with Crippen molar-refractivity contribution >= 4 is 50.8 Å². The summed E-state index contributed by atoms with van der Waals surface area (Å²) in [6, 6.07) is 1.18. The van der Waals surface area contributed by atoms with Gasteiger partial charge in [0.2, 0.25) is 15.9 Å². The van der Waals surface area contributed by atoms with Gasteiger partial charge >= 0.3 is 5.95 Å². The zero-order chi connectivity index (χ0) is 26.0. The van der Waals surface area contributed by atoms with Gasteiger partial charge in [-0.3, -0.25) is 4.79 Å². The minimum absolute atomic E-state index is 0.0123. The molecular weight excluding hydrogens is 531 g/mol. The van der Waals surface area contributed by atoms with E-state index < -0.39 is 21.0 Å². The molecule has 0 radical (unpaired) electrons. The molecule has 1 saturated heterocycles. The van der Waals surface area contributed by atoms with Crippen molar-refractivity contribution in [2.75, 3.05) is 18.8 Å². The Bertz CT molecular complexity index is 1230. The number of nitrogens with two attached hydrogens (primary N) is 1. The second-order valence-corrected chi connectivity index (χ2v) is 11.8. The van der Waals surface area contributed by atoms with Gasteiger partial charge in [-0.05, 0) is 41.7 Å². The number of amides is 1. The smallest absolute Gasteiger partial charge is 0.396 e. The summed E-state index contributed by atoms with van der Waals surface area (Å²) >= 11 is 12.1. The molecule has 1 aromatic heterocycles. The maximum Gasteiger partial charge on any atom is 0.434 e. The minimum atomic E-state index is -4.23. The number of nitrogens with one attached hydrogen (secondary N) is 1. The standard InChI is InChI=1S/C22H28Cl2N6O5S/c23-17-11-16(12-18(24)20(17)25)36(34,35)27-19(6-9-28-10-7-26-22(28)30(32)33)21(31)29-8-5-14-3-1-2-4-15(14)13-29/h7,10-12,14-15,19,27H,1-6,8-9,13,25H2/t14-,15-,19?/m0/s1. The highest BCUT2D eigenvalue weighted by molar-refractivity contribution is 7.89. The number of carbonyl (C=O) groups excluding carboxylic acids is 1. The zero-order valence-corrected chi connectivity index (χ0v) is 21.8. The van der Waals surface area contributed by atoms with Crippen molar-refractivity contribution in [1.29, 1.82) is 0 Å². The molecule has 1 aliphatic carbocycles. The van der Waals surface area contributed by atoms with Gasteiger partial charge in [0.25, 0.3) is 0 Å². The fourth-order valence-corrected chi connectivity index (χ4v) is 7.03. The molecule has 0 spiro atoms. The number of fused-ring (bicyclic) bond motifs is 1. The van der Waals surface area contributed by atoms with E-state index in [1.165, 1.54) is 35.5 Å². The second kappa shape index (κ2) is 10.9. The van der Waals surface area contributed by atoms with Crippen LogP contribution in [0.15, 0.2) is 29.4 Å². The molecule has 1 amide bonds. The van der Waals surface area contributed by atoms with Gasteiger partial charge in [0.15, 0.2) is 0 Å². The maximum absolute atomic E-state index is 13.6. The quantitative estimate of drug-likeness (QED) is 0.285. The number of benzene rings is 1. The van der Waals surface area contributed by atoms with E-state index in [0.717, 1.165) is 25.7 Å². The van der Waals surface area contributed by atoms with Gasteiger partial charge in [-0.2, -0.15) is 4.72 Å². The fraction of sp³-hybridized carbons (Fsp3) is 0.545. The average molecular weight is 559 g/mol. The summed E-state index contributed by atoms with van der Waals surface area (Å²) in [5.74, 6) is 0.242. The molecule has 4 rings (SSSR count).